The smallest absolute Gasteiger partial charge is 0.0166 e. The van der Waals surface area contributed by atoms with E-state index in [0.717, 1.165) is 0 Å². The molecule has 1 heteroatoms. The van der Waals surface area contributed by atoms with E-state index in [4.69, 9.17) is 5.73 Å². The molecule has 1 atom stereocenters. The average molecular weight is 189 g/mol. The first kappa shape index (κ1) is 9.72. The molecule has 0 saturated carbocycles. The van der Waals surface area contributed by atoms with Crippen LogP contribution in [0.4, 0.5) is 0 Å². The van der Waals surface area contributed by atoms with Gasteiger partial charge >= 0.3 is 0 Å². The molecule has 0 aliphatic heterocycles. The van der Waals surface area contributed by atoms with Crippen molar-refractivity contribution in [3.8, 4) is 0 Å². The number of rotatable bonds is 1. The highest BCUT2D eigenvalue weighted by Crippen LogP contribution is 2.39. The predicted octanol–water partition coefficient (Wildman–Crippen LogP) is 2.76. The van der Waals surface area contributed by atoms with E-state index in [-0.39, 0.29) is 5.54 Å². The van der Waals surface area contributed by atoms with Gasteiger partial charge in [-0.05, 0) is 44.7 Å². The molecule has 0 fully saturated rings. The van der Waals surface area contributed by atoms with Gasteiger partial charge in [-0.15, -0.1) is 0 Å². The molecule has 0 radical (unpaired) electrons. The minimum absolute atomic E-state index is 0.0843. The minimum atomic E-state index is -0.0843. The number of aryl methyl sites for hydroxylation is 2. The first-order chi connectivity index (χ1) is 6.48. The molecular weight excluding hydrogens is 170 g/mol. The summed E-state index contributed by atoms with van der Waals surface area (Å²) in [7, 11) is 0. The van der Waals surface area contributed by atoms with E-state index < -0.39 is 0 Å². The monoisotopic (exact) mass is 189 g/mol. The second-order valence-electron chi connectivity index (χ2n) is 5.11. The lowest BCUT2D eigenvalue weighted by molar-refractivity contribution is 0.409. The maximum Gasteiger partial charge on any atom is 0.0166 e. The number of benzene rings is 1. The SMILES string of the molecule is Cc1ccc2c(c1)C(C(C)(C)N)CC2. The van der Waals surface area contributed by atoms with E-state index in [0.29, 0.717) is 5.92 Å². The minimum Gasteiger partial charge on any atom is -0.325 e. The second-order valence-corrected chi connectivity index (χ2v) is 5.11. The molecule has 1 aliphatic rings. The lowest BCUT2D eigenvalue weighted by Crippen LogP contribution is -2.38. The Bertz CT molecular complexity index is 347. The van der Waals surface area contributed by atoms with Crippen molar-refractivity contribution in [1.82, 2.24) is 0 Å². The molecule has 0 heterocycles. The molecule has 1 aliphatic carbocycles. The summed E-state index contributed by atoms with van der Waals surface area (Å²) in [6.07, 6.45) is 2.41. The maximum atomic E-state index is 6.21. The van der Waals surface area contributed by atoms with Crippen molar-refractivity contribution in [2.75, 3.05) is 0 Å². The molecule has 0 spiro atoms. The van der Waals surface area contributed by atoms with Gasteiger partial charge in [-0.3, -0.25) is 0 Å². The highest BCUT2D eigenvalue weighted by atomic mass is 14.7. The largest absolute Gasteiger partial charge is 0.325 e. The van der Waals surface area contributed by atoms with Gasteiger partial charge in [-0.25, -0.2) is 0 Å². The van der Waals surface area contributed by atoms with E-state index >= 15 is 0 Å². The predicted molar refractivity (Wildman–Crippen MR) is 60.5 cm³/mol. The van der Waals surface area contributed by atoms with Crippen LogP contribution in [0, 0.1) is 6.92 Å². The molecule has 0 saturated heterocycles. The summed E-state index contributed by atoms with van der Waals surface area (Å²) in [6, 6.07) is 6.77. The first-order valence-corrected chi connectivity index (χ1v) is 5.37. The number of hydrogen-bond acceptors (Lipinski definition) is 1. The summed E-state index contributed by atoms with van der Waals surface area (Å²) in [5, 5.41) is 0. The van der Waals surface area contributed by atoms with E-state index in [9.17, 15) is 0 Å². The Morgan fingerprint density at radius 1 is 1.36 bits per heavy atom. The molecule has 2 rings (SSSR count). The van der Waals surface area contributed by atoms with Gasteiger partial charge in [0.15, 0.2) is 0 Å². The van der Waals surface area contributed by atoms with Crippen molar-refractivity contribution in [3.63, 3.8) is 0 Å². The van der Waals surface area contributed by atoms with Crippen LogP contribution in [0.25, 0.3) is 0 Å². The Kier molecular flexibility index (Phi) is 2.15. The zero-order valence-corrected chi connectivity index (χ0v) is 9.30. The van der Waals surface area contributed by atoms with Gasteiger partial charge < -0.3 is 5.73 Å². The summed E-state index contributed by atoms with van der Waals surface area (Å²) in [5.74, 6) is 0.539. The van der Waals surface area contributed by atoms with Crippen LogP contribution in [0.15, 0.2) is 18.2 Å². The summed E-state index contributed by atoms with van der Waals surface area (Å²) in [5.41, 5.74) is 10.5. The topological polar surface area (TPSA) is 26.0 Å². The Morgan fingerprint density at radius 3 is 2.71 bits per heavy atom. The summed E-state index contributed by atoms with van der Waals surface area (Å²) in [4.78, 5) is 0. The Hall–Kier alpha value is -0.820. The van der Waals surface area contributed by atoms with E-state index in [1.165, 1.54) is 29.5 Å². The number of hydrogen-bond donors (Lipinski definition) is 1. The van der Waals surface area contributed by atoms with Gasteiger partial charge in [0.05, 0.1) is 0 Å². The Balaban J connectivity index is 2.43. The normalized spacial score (nSPS) is 21.0. The Labute approximate surface area is 86.3 Å². The lowest BCUT2D eigenvalue weighted by Gasteiger charge is -2.27. The van der Waals surface area contributed by atoms with Crippen LogP contribution in [-0.2, 0) is 6.42 Å². The Morgan fingerprint density at radius 2 is 2.07 bits per heavy atom. The lowest BCUT2D eigenvalue weighted by atomic mass is 9.83. The maximum absolute atomic E-state index is 6.21. The van der Waals surface area contributed by atoms with Gasteiger partial charge in [0.25, 0.3) is 0 Å². The van der Waals surface area contributed by atoms with Crippen LogP contribution in [0.3, 0.4) is 0 Å². The van der Waals surface area contributed by atoms with Crippen molar-refractivity contribution in [1.29, 1.82) is 0 Å². The highest BCUT2D eigenvalue weighted by molar-refractivity contribution is 5.39. The zero-order valence-electron chi connectivity index (χ0n) is 9.30. The fourth-order valence-corrected chi connectivity index (χ4v) is 2.49. The van der Waals surface area contributed by atoms with Crippen LogP contribution in [0.1, 0.15) is 42.9 Å². The highest BCUT2D eigenvalue weighted by Gasteiger charge is 2.32. The second kappa shape index (κ2) is 3.09. The van der Waals surface area contributed by atoms with Crippen LogP contribution in [0.5, 0.6) is 0 Å². The van der Waals surface area contributed by atoms with Gasteiger partial charge in [0, 0.05) is 11.5 Å². The average Bonchev–Trinajstić information content (AvgIpc) is 2.45. The number of fused-ring (bicyclic) bond motifs is 1. The first-order valence-electron chi connectivity index (χ1n) is 5.37. The summed E-state index contributed by atoms with van der Waals surface area (Å²) < 4.78 is 0. The van der Waals surface area contributed by atoms with Gasteiger partial charge in [0.2, 0.25) is 0 Å². The van der Waals surface area contributed by atoms with E-state index in [1.54, 1.807) is 0 Å². The molecule has 0 bridgehead atoms. The van der Waals surface area contributed by atoms with E-state index in [1.807, 2.05) is 0 Å². The van der Waals surface area contributed by atoms with Crippen LogP contribution < -0.4 is 5.73 Å². The summed E-state index contributed by atoms with van der Waals surface area (Å²) in [6.45, 7) is 6.42. The standard InChI is InChI=1S/C13H19N/c1-9-4-5-10-6-7-12(11(10)8-9)13(2,3)14/h4-5,8,12H,6-7,14H2,1-3H3. The fourth-order valence-electron chi connectivity index (χ4n) is 2.49. The van der Waals surface area contributed by atoms with Crippen LogP contribution in [0.2, 0.25) is 0 Å². The van der Waals surface area contributed by atoms with Crippen LogP contribution >= 0.6 is 0 Å². The van der Waals surface area contributed by atoms with Gasteiger partial charge in [0.1, 0.15) is 0 Å². The molecule has 1 aromatic carbocycles. The zero-order chi connectivity index (χ0) is 10.3. The molecule has 14 heavy (non-hydrogen) atoms. The van der Waals surface area contributed by atoms with Crippen molar-refractivity contribution in [3.05, 3.63) is 34.9 Å². The van der Waals surface area contributed by atoms with Crippen LogP contribution in [-0.4, -0.2) is 5.54 Å². The molecule has 1 aromatic rings. The molecule has 1 unspecified atom stereocenters. The quantitative estimate of drug-likeness (QED) is 0.722. The third kappa shape index (κ3) is 1.57. The van der Waals surface area contributed by atoms with E-state index in [2.05, 4.69) is 39.0 Å². The van der Waals surface area contributed by atoms with Crippen molar-refractivity contribution in [2.45, 2.75) is 45.1 Å². The summed E-state index contributed by atoms with van der Waals surface area (Å²) >= 11 is 0. The van der Waals surface area contributed by atoms with Crippen molar-refractivity contribution in [2.24, 2.45) is 5.73 Å². The third-order valence-electron chi connectivity index (χ3n) is 3.28. The van der Waals surface area contributed by atoms with Gasteiger partial charge in [-0.1, -0.05) is 23.8 Å². The molecule has 2 N–H and O–H groups in total. The molecule has 1 nitrogen and oxygen atoms in total. The molecule has 76 valence electrons. The van der Waals surface area contributed by atoms with Crippen molar-refractivity contribution >= 4 is 0 Å². The van der Waals surface area contributed by atoms with Gasteiger partial charge in [-0.2, -0.15) is 0 Å². The molecule has 0 amide bonds. The van der Waals surface area contributed by atoms with Crippen molar-refractivity contribution < 1.29 is 0 Å². The molecular formula is C13H19N. The molecule has 0 aromatic heterocycles. The number of nitrogens with two attached hydrogens (primary N) is 1. The fraction of sp³-hybridized carbons (Fsp3) is 0.538. The third-order valence-corrected chi connectivity index (χ3v) is 3.28.